The van der Waals surface area contributed by atoms with E-state index in [2.05, 4.69) is 47.9 Å². The Morgan fingerprint density at radius 3 is 2.63 bits per heavy atom. The van der Waals surface area contributed by atoms with Crippen LogP contribution in [0.1, 0.15) is 37.9 Å². The highest BCUT2D eigenvalue weighted by Crippen LogP contribution is 2.25. The molecule has 4 heteroatoms. The Labute approximate surface area is 119 Å². The van der Waals surface area contributed by atoms with Crippen molar-refractivity contribution in [2.75, 3.05) is 11.9 Å². The molecule has 0 aromatic carbocycles. The van der Waals surface area contributed by atoms with Gasteiger partial charge in [-0.05, 0) is 30.7 Å². The van der Waals surface area contributed by atoms with Crippen molar-refractivity contribution in [1.29, 1.82) is 0 Å². The van der Waals surface area contributed by atoms with Gasteiger partial charge in [0.25, 0.3) is 0 Å². The average Bonchev–Trinajstić information content (AvgIpc) is 2.83. The molecule has 0 aliphatic rings. The quantitative estimate of drug-likeness (QED) is 0.854. The lowest BCUT2D eigenvalue weighted by atomic mass is 10.2. The third kappa shape index (κ3) is 3.53. The molecular weight excluding hydrogens is 254 g/mol. The van der Waals surface area contributed by atoms with Crippen molar-refractivity contribution in [1.82, 2.24) is 9.97 Å². The van der Waals surface area contributed by atoms with Crippen molar-refractivity contribution in [2.24, 2.45) is 0 Å². The van der Waals surface area contributed by atoms with Crippen LogP contribution in [0.25, 0.3) is 11.4 Å². The maximum atomic E-state index is 4.69. The molecule has 0 atom stereocenters. The molecule has 0 radical (unpaired) electrons. The standard InChI is InChI=1S/C15H21N3S/c1-4-6-12-8-14(16-7-5-2)18-15(17-12)13-10-19-9-11(13)3/h8-10H,4-7H2,1-3H3,(H,16,17,18). The van der Waals surface area contributed by atoms with Gasteiger partial charge in [0.1, 0.15) is 5.82 Å². The molecule has 2 rings (SSSR count). The highest BCUT2D eigenvalue weighted by Gasteiger charge is 2.09. The highest BCUT2D eigenvalue weighted by atomic mass is 32.1. The molecule has 0 bridgehead atoms. The van der Waals surface area contributed by atoms with Gasteiger partial charge in [0.2, 0.25) is 0 Å². The fraction of sp³-hybridized carbons (Fsp3) is 0.467. The molecule has 0 aliphatic heterocycles. The molecule has 0 spiro atoms. The van der Waals surface area contributed by atoms with Crippen molar-refractivity contribution in [3.8, 4) is 11.4 Å². The van der Waals surface area contributed by atoms with E-state index in [0.29, 0.717) is 0 Å². The van der Waals surface area contributed by atoms with Gasteiger partial charge < -0.3 is 5.32 Å². The minimum Gasteiger partial charge on any atom is -0.370 e. The second kappa shape index (κ2) is 6.66. The summed E-state index contributed by atoms with van der Waals surface area (Å²) in [5, 5.41) is 7.64. The fourth-order valence-electron chi connectivity index (χ4n) is 1.94. The van der Waals surface area contributed by atoms with Crippen LogP contribution in [-0.4, -0.2) is 16.5 Å². The van der Waals surface area contributed by atoms with Crippen molar-refractivity contribution < 1.29 is 0 Å². The first-order chi connectivity index (χ1) is 9.24. The second-order valence-corrected chi connectivity index (χ2v) is 5.46. The molecule has 2 aromatic heterocycles. The first kappa shape index (κ1) is 14.0. The van der Waals surface area contributed by atoms with Crippen LogP contribution in [0.4, 0.5) is 5.82 Å². The van der Waals surface area contributed by atoms with Crippen LogP contribution in [-0.2, 0) is 6.42 Å². The first-order valence-corrected chi connectivity index (χ1v) is 7.83. The number of nitrogens with one attached hydrogen (secondary N) is 1. The molecule has 19 heavy (non-hydrogen) atoms. The van der Waals surface area contributed by atoms with Crippen LogP contribution in [0.5, 0.6) is 0 Å². The van der Waals surface area contributed by atoms with Gasteiger partial charge in [-0.1, -0.05) is 20.3 Å². The number of rotatable bonds is 6. The Kier molecular flexibility index (Phi) is 4.91. The molecule has 0 saturated carbocycles. The molecule has 102 valence electrons. The highest BCUT2D eigenvalue weighted by molar-refractivity contribution is 7.08. The molecule has 2 heterocycles. The van der Waals surface area contributed by atoms with Crippen LogP contribution in [0.3, 0.4) is 0 Å². The predicted molar refractivity (Wildman–Crippen MR) is 82.9 cm³/mol. The lowest BCUT2D eigenvalue weighted by Crippen LogP contribution is -2.05. The molecule has 2 aromatic rings. The zero-order valence-electron chi connectivity index (χ0n) is 11.9. The van der Waals surface area contributed by atoms with E-state index in [1.165, 1.54) is 5.56 Å². The van der Waals surface area contributed by atoms with Crippen LogP contribution in [0.2, 0.25) is 0 Å². The Hall–Kier alpha value is -1.42. The third-order valence-corrected chi connectivity index (χ3v) is 3.80. The van der Waals surface area contributed by atoms with Gasteiger partial charge in [-0.15, -0.1) is 0 Å². The molecule has 0 fully saturated rings. The normalized spacial score (nSPS) is 10.7. The minimum absolute atomic E-state index is 0.850. The molecule has 0 aliphatic carbocycles. The van der Waals surface area contributed by atoms with E-state index in [0.717, 1.165) is 48.7 Å². The van der Waals surface area contributed by atoms with E-state index in [4.69, 9.17) is 4.98 Å². The largest absolute Gasteiger partial charge is 0.370 e. The molecule has 0 unspecified atom stereocenters. The van der Waals surface area contributed by atoms with Crippen LogP contribution in [0.15, 0.2) is 16.8 Å². The van der Waals surface area contributed by atoms with E-state index in [9.17, 15) is 0 Å². The number of nitrogens with zero attached hydrogens (tertiary/aromatic N) is 2. The van der Waals surface area contributed by atoms with E-state index >= 15 is 0 Å². The van der Waals surface area contributed by atoms with Crippen molar-refractivity contribution in [3.63, 3.8) is 0 Å². The molecule has 3 nitrogen and oxygen atoms in total. The van der Waals surface area contributed by atoms with Crippen LogP contribution < -0.4 is 5.32 Å². The van der Waals surface area contributed by atoms with E-state index < -0.39 is 0 Å². The lowest BCUT2D eigenvalue weighted by Gasteiger charge is -2.09. The Balaban J connectivity index is 2.36. The summed E-state index contributed by atoms with van der Waals surface area (Å²) >= 11 is 1.70. The van der Waals surface area contributed by atoms with Crippen molar-refractivity contribution in [2.45, 2.75) is 40.0 Å². The zero-order valence-corrected chi connectivity index (χ0v) is 12.7. The summed E-state index contributed by atoms with van der Waals surface area (Å²) in [7, 11) is 0. The number of thiophene rings is 1. The van der Waals surface area contributed by atoms with Crippen LogP contribution in [0, 0.1) is 6.92 Å². The molecule has 1 N–H and O–H groups in total. The summed E-state index contributed by atoms with van der Waals surface area (Å²) in [6, 6.07) is 2.07. The second-order valence-electron chi connectivity index (χ2n) is 4.71. The van der Waals surface area contributed by atoms with Gasteiger partial charge in [-0.3, -0.25) is 0 Å². The average molecular weight is 275 g/mol. The van der Waals surface area contributed by atoms with Gasteiger partial charge in [-0.25, -0.2) is 9.97 Å². The summed E-state index contributed by atoms with van der Waals surface area (Å²) in [4.78, 5) is 9.33. The Morgan fingerprint density at radius 1 is 1.16 bits per heavy atom. The summed E-state index contributed by atoms with van der Waals surface area (Å²) in [6.45, 7) is 7.40. The summed E-state index contributed by atoms with van der Waals surface area (Å²) in [5.74, 6) is 1.80. The van der Waals surface area contributed by atoms with Gasteiger partial charge in [0.15, 0.2) is 5.82 Å². The van der Waals surface area contributed by atoms with E-state index in [1.54, 1.807) is 11.3 Å². The molecular formula is C15H21N3S. The smallest absolute Gasteiger partial charge is 0.162 e. The number of hydrogen-bond donors (Lipinski definition) is 1. The summed E-state index contributed by atoms with van der Waals surface area (Å²) in [6.07, 6.45) is 3.20. The Morgan fingerprint density at radius 2 is 2.00 bits per heavy atom. The van der Waals surface area contributed by atoms with Gasteiger partial charge >= 0.3 is 0 Å². The Bertz CT molecular complexity index is 534. The van der Waals surface area contributed by atoms with Crippen molar-refractivity contribution >= 4 is 17.2 Å². The maximum Gasteiger partial charge on any atom is 0.162 e. The van der Waals surface area contributed by atoms with Crippen molar-refractivity contribution in [3.05, 3.63) is 28.1 Å². The monoisotopic (exact) mass is 275 g/mol. The predicted octanol–water partition coefficient (Wildman–Crippen LogP) is 4.29. The zero-order chi connectivity index (χ0) is 13.7. The number of aryl methyl sites for hydroxylation is 2. The SMILES string of the molecule is CCCNc1cc(CCC)nc(-c2cscc2C)n1. The van der Waals surface area contributed by atoms with Gasteiger partial charge in [-0.2, -0.15) is 11.3 Å². The topological polar surface area (TPSA) is 37.8 Å². The molecule has 0 amide bonds. The van der Waals surface area contributed by atoms with Gasteiger partial charge in [0, 0.05) is 29.2 Å². The minimum atomic E-state index is 0.850. The third-order valence-electron chi connectivity index (χ3n) is 2.94. The number of hydrogen-bond acceptors (Lipinski definition) is 4. The molecule has 0 saturated heterocycles. The first-order valence-electron chi connectivity index (χ1n) is 6.89. The summed E-state index contributed by atoms with van der Waals surface area (Å²) in [5.41, 5.74) is 3.53. The fourth-order valence-corrected chi connectivity index (χ4v) is 2.76. The maximum absolute atomic E-state index is 4.69. The number of anilines is 1. The summed E-state index contributed by atoms with van der Waals surface area (Å²) < 4.78 is 0. The van der Waals surface area contributed by atoms with Gasteiger partial charge in [0.05, 0.1) is 0 Å². The lowest BCUT2D eigenvalue weighted by molar-refractivity contribution is 0.872. The number of aromatic nitrogens is 2. The van der Waals surface area contributed by atoms with E-state index in [1.807, 2.05) is 0 Å². The van der Waals surface area contributed by atoms with Crippen LogP contribution >= 0.6 is 11.3 Å². The van der Waals surface area contributed by atoms with E-state index in [-0.39, 0.29) is 0 Å².